The molecular weight excluding hydrogens is 176 g/mol. The molecule has 13 heavy (non-hydrogen) atoms. The molecule has 0 unspecified atom stereocenters. The van der Waals surface area contributed by atoms with E-state index in [1.165, 1.54) is 0 Å². The molecule has 0 heterocycles. The van der Waals surface area contributed by atoms with Crippen LogP contribution in [-0.2, 0) is 14.3 Å². The van der Waals surface area contributed by atoms with Crippen molar-refractivity contribution in [3.8, 4) is 0 Å². The maximum atomic E-state index is 10.7. The monoisotopic (exact) mass is 190 g/mol. The van der Waals surface area contributed by atoms with Crippen LogP contribution in [0.2, 0.25) is 0 Å². The molecule has 0 aromatic heterocycles. The number of rotatable bonds is 6. The van der Waals surface area contributed by atoms with Crippen molar-refractivity contribution in [2.24, 2.45) is 5.73 Å². The van der Waals surface area contributed by atoms with Gasteiger partial charge >= 0.3 is 6.09 Å². The predicted octanol–water partition coefficient (Wildman–Crippen LogP) is -0.766. The number of ether oxygens (including phenoxy) is 2. The second-order valence-corrected chi connectivity index (χ2v) is 2.17. The summed E-state index contributed by atoms with van der Waals surface area (Å²) in [6.45, 7) is 2.44. The predicted molar refractivity (Wildman–Crippen MR) is 45.0 cm³/mol. The van der Waals surface area contributed by atoms with Gasteiger partial charge in [0.15, 0.2) is 0 Å². The van der Waals surface area contributed by atoms with Gasteiger partial charge in [-0.2, -0.15) is 0 Å². The zero-order valence-electron chi connectivity index (χ0n) is 7.54. The van der Waals surface area contributed by atoms with Crippen molar-refractivity contribution in [2.45, 2.75) is 6.92 Å². The Hall–Kier alpha value is -1.30. The average molecular weight is 190 g/mol. The molecule has 0 aromatic carbocycles. The molecule has 0 atom stereocenters. The second-order valence-electron chi connectivity index (χ2n) is 2.17. The Labute approximate surface area is 76.4 Å². The van der Waals surface area contributed by atoms with Gasteiger partial charge in [0.25, 0.3) is 0 Å². The Kier molecular flexibility index (Phi) is 6.62. The third kappa shape index (κ3) is 8.61. The number of hydrogen-bond donors (Lipinski definition) is 2. The normalized spacial score (nSPS) is 9.31. The van der Waals surface area contributed by atoms with Gasteiger partial charge in [0.1, 0.15) is 6.61 Å². The van der Waals surface area contributed by atoms with Crippen molar-refractivity contribution in [3.05, 3.63) is 0 Å². The van der Waals surface area contributed by atoms with Gasteiger partial charge in [-0.25, -0.2) is 4.79 Å². The number of nitrogens with two attached hydrogens (primary N) is 1. The lowest BCUT2D eigenvalue weighted by atomic mass is 10.6. The molecule has 0 aliphatic carbocycles. The van der Waals surface area contributed by atoms with E-state index in [1.807, 2.05) is 0 Å². The zero-order valence-corrected chi connectivity index (χ0v) is 7.54. The van der Waals surface area contributed by atoms with Gasteiger partial charge in [0.05, 0.1) is 13.2 Å². The summed E-state index contributed by atoms with van der Waals surface area (Å²) in [4.78, 5) is 20.8. The highest BCUT2D eigenvalue weighted by Crippen LogP contribution is 1.76. The highest BCUT2D eigenvalue weighted by atomic mass is 16.5. The molecule has 6 heteroatoms. The van der Waals surface area contributed by atoms with Crippen LogP contribution in [0, 0.1) is 0 Å². The van der Waals surface area contributed by atoms with E-state index in [4.69, 9.17) is 10.5 Å². The van der Waals surface area contributed by atoms with Crippen LogP contribution in [0.5, 0.6) is 0 Å². The summed E-state index contributed by atoms with van der Waals surface area (Å²) in [6, 6.07) is 0. The van der Waals surface area contributed by atoms with Crippen LogP contribution in [0.1, 0.15) is 6.92 Å². The van der Waals surface area contributed by atoms with Gasteiger partial charge < -0.3 is 20.5 Å². The molecular formula is C7H14N2O4. The van der Waals surface area contributed by atoms with E-state index in [0.29, 0.717) is 13.2 Å². The van der Waals surface area contributed by atoms with E-state index in [-0.39, 0.29) is 13.2 Å². The lowest BCUT2D eigenvalue weighted by Gasteiger charge is -2.04. The second kappa shape index (κ2) is 7.35. The van der Waals surface area contributed by atoms with Gasteiger partial charge in [0, 0.05) is 6.54 Å². The van der Waals surface area contributed by atoms with Gasteiger partial charge in [-0.1, -0.05) is 0 Å². The topological polar surface area (TPSA) is 90.7 Å². The minimum atomic E-state index is -0.531. The number of amides is 2. The zero-order chi connectivity index (χ0) is 10.1. The van der Waals surface area contributed by atoms with E-state index >= 15 is 0 Å². The number of carbonyl (C=O) groups excluding carboxylic acids is 2. The molecule has 0 saturated carbocycles. The summed E-state index contributed by atoms with van der Waals surface area (Å²) in [6.07, 6.45) is -0.495. The molecule has 0 bridgehead atoms. The minimum absolute atomic E-state index is 0.134. The van der Waals surface area contributed by atoms with E-state index in [0.717, 1.165) is 0 Å². The van der Waals surface area contributed by atoms with Gasteiger partial charge in [-0.15, -0.1) is 0 Å². The first-order valence-corrected chi connectivity index (χ1v) is 3.93. The smallest absolute Gasteiger partial charge is 0.407 e. The van der Waals surface area contributed by atoms with Crippen LogP contribution < -0.4 is 11.1 Å². The first-order valence-electron chi connectivity index (χ1n) is 3.93. The summed E-state index contributed by atoms with van der Waals surface area (Å²) >= 11 is 0. The first kappa shape index (κ1) is 11.7. The Balaban J connectivity index is 3.16. The van der Waals surface area contributed by atoms with Crippen molar-refractivity contribution in [1.82, 2.24) is 5.32 Å². The minimum Gasteiger partial charge on any atom is -0.450 e. The summed E-state index contributed by atoms with van der Waals surface area (Å²) in [5.74, 6) is -0.531. The maximum Gasteiger partial charge on any atom is 0.407 e. The van der Waals surface area contributed by atoms with Crippen molar-refractivity contribution < 1.29 is 19.1 Å². The lowest BCUT2D eigenvalue weighted by Crippen LogP contribution is -2.29. The van der Waals surface area contributed by atoms with Gasteiger partial charge in [-0.05, 0) is 6.92 Å². The standard InChI is InChI=1S/C7H14N2O4/c1-2-13-7(11)9-3-4-12-5-6(8)10/h2-5H2,1H3,(H2,8,10)(H,9,11). The summed E-state index contributed by atoms with van der Waals surface area (Å²) in [5, 5.41) is 2.42. The maximum absolute atomic E-state index is 10.7. The van der Waals surface area contributed by atoms with Gasteiger partial charge in [0.2, 0.25) is 5.91 Å². The van der Waals surface area contributed by atoms with Crippen LogP contribution in [0.4, 0.5) is 4.79 Å². The Morgan fingerprint density at radius 1 is 1.46 bits per heavy atom. The Morgan fingerprint density at radius 2 is 2.15 bits per heavy atom. The fourth-order valence-corrected chi connectivity index (χ4v) is 0.580. The van der Waals surface area contributed by atoms with Gasteiger partial charge in [-0.3, -0.25) is 4.79 Å². The number of primary amides is 1. The Morgan fingerprint density at radius 3 is 2.69 bits per heavy atom. The third-order valence-electron chi connectivity index (χ3n) is 1.04. The molecule has 0 radical (unpaired) electrons. The van der Waals surface area contributed by atoms with E-state index in [1.54, 1.807) is 6.92 Å². The van der Waals surface area contributed by atoms with Crippen LogP contribution in [0.15, 0.2) is 0 Å². The first-order chi connectivity index (χ1) is 6.16. The van der Waals surface area contributed by atoms with Crippen molar-refractivity contribution >= 4 is 12.0 Å². The number of carbonyl (C=O) groups is 2. The molecule has 3 N–H and O–H groups in total. The van der Waals surface area contributed by atoms with Crippen molar-refractivity contribution in [2.75, 3.05) is 26.4 Å². The molecule has 6 nitrogen and oxygen atoms in total. The number of hydrogen-bond acceptors (Lipinski definition) is 4. The average Bonchev–Trinajstić information content (AvgIpc) is 2.03. The summed E-state index contributed by atoms with van der Waals surface area (Å²) in [7, 11) is 0. The fourth-order valence-electron chi connectivity index (χ4n) is 0.580. The Bertz CT molecular complexity index is 172. The number of nitrogens with one attached hydrogen (secondary N) is 1. The lowest BCUT2D eigenvalue weighted by molar-refractivity contribution is -0.122. The molecule has 2 amide bonds. The molecule has 0 aliphatic rings. The van der Waals surface area contributed by atoms with E-state index in [2.05, 4.69) is 10.1 Å². The van der Waals surface area contributed by atoms with Crippen LogP contribution >= 0.6 is 0 Å². The fraction of sp³-hybridized carbons (Fsp3) is 0.714. The third-order valence-corrected chi connectivity index (χ3v) is 1.04. The SMILES string of the molecule is CCOC(=O)NCCOCC(N)=O. The quantitative estimate of drug-likeness (QED) is 0.538. The van der Waals surface area contributed by atoms with Crippen LogP contribution in [0.25, 0.3) is 0 Å². The van der Waals surface area contributed by atoms with Crippen molar-refractivity contribution in [1.29, 1.82) is 0 Å². The van der Waals surface area contributed by atoms with E-state index in [9.17, 15) is 9.59 Å². The molecule has 0 rings (SSSR count). The van der Waals surface area contributed by atoms with Crippen LogP contribution in [0.3, 0.4) is 0 Å². The molecule has 0 fully saturated rings. The summed E-state index contributed by atoms with van der Waals surface area (Å²) < 4.78 is 9.35. The highest BCUT2D eigenvalue weighted by Gasteiger charge is 1.98. The molecule has 76 valence electrons. The number of alkyl carbamates (subject to hydrolysis) is 1. The molecule has 0 aromatic rings. The largest absolute Gasteiger partial charge is 0.450 e. The molecule has 0 spiro atoms. The molecule has 0 saturated heterocycles. The van der Waals surface area contributed by atoms with Crippen LogP contribution in [-0.4, -0.2) is 38.4 Å². The molecule has 0 aliphatic heterocycles. The van der Waals surface area contributed by atoms with Crippen molar-refractivity contribution in [3.63, 3.8) is 0 Å². The summed E-state index contributed by atoms with van der Waals surface area (Å²) in [5.41, 5.74) is 4.81. The van der Waals surface area contributed by atoms with E-state index < -0.39 is 12.0 Å². The highest BCUT2D eigenvalue weighted by molar-refractivity contribution is 5.74.